The summed E-state index contributed by atoms with van der Waals surface area (Å²) in [5.74, 6) is -3.05. The van der Waals surface area contributed by atoms with E-state index in [1.807, 2.05) is 4.57 Å². The fourth-order valence-electron chi connectivity index (χ4n) is 4.18. The highest BCUT2D eigenvalue weighted by Gasteiger charge is 2.46. The van der Waals surface area contributed by atoms with Crippen molar-refractivity contribution in [2.75, 3.05) is 20.8 Å². The highest BCUT2D eigenvalue weighted by Crippen LogP contribution is 2.44. The highest BCUT2D eigenvalue weighted by atomic mass is 79.9. The first-order chi connectivity index (χ1) is 17.3. The Hall–Kier alpha value is -3.86. The number of rotatable bonds is 8. The first-order valence-electron chi connectivity index (χ1n) is 10.9. The van der Waals surface area contributed by atoms with E-state index in [0.717, 1.165) is 6.07 Å². The molecule has 1 saturated heterocycles. The number of carbonyl (C=O) groups excluding carboxylic acids is 2. The number of carbonyl (C=O) groups is 2. The Morgan fingerprint density at radius 1 is 1.14 bits per heavy atom. The zero-order valence-corrected chi connectivity index (χ0v) is 21.0. The minimum absolute atomic E-state index is 0.0134. The number of methoxy groups -OCH3 is 2. The van der Waals surface area contributed by atoms with Gasteiger partial charge in [0.1, 0.15) is 5.76 Å². The molecule has 2 heterocycles. The number of Topliss-reactive ketones (excluding diaryl/α,β-unsaturated/α-hetero) is 1. The molecule has 0 bridgehead atoms. The molecule has 0 spiro atoms. The molecular formula is C25H23BrFN3O6. The van der Waals surface area contributed by atoms with Crippen LogP contribution in [0.5, 0.6) is 17.2 Å². The smallest absolute Gasteiger partial charge is 0.295 e. The van der Waals surface area contributed by atoms with Gasteiger partial charge in [0.05, 0.1) is 36.6 Å². The van der Waals surface area contributed by atoms with Crippen LogP contribution in [0.2, 0.25) is 0 Å². The van der Waals surface area contributed by atoms with E-state index in [0.29, 0.717) is 18.5 Å². The molecule has 0 aliphatic carbocycles. The standard InChI is InChI=1S/C25H23BrFN3O6/c1-35-18-5-4-14(11-17(18)27)22(31)20-21(15-10-16(26)23(32)19(12-15)36-2)30(25(34)24(20)33)8-3-7-29-9-6-28-13-29/h4-6,9-13,21,31-32H,3,7-8H2,1-2H3/b22-20+. The van der Waals surface area contributed by atoms with E-state index >= 15 is 0 Å². The Morgan fingerprint density at radius 3 is 2.53 bits per heavy atom. The van der Waals surface area contributed by atoms with E-state index in [4.69, 9.17) is 9.47 Å². The lowest BCUT2D eigenvalue weighted by molar-refractivity contribution is -0.139. The van der Waals surface area contributed by atoms with Crippen LogP contribution in [0, 0.1) is 5.82 Å². The van der Waals surface area contributed by atoms with Crippen molar-refractivity contribution in [3.05, 3.63) is 76.0 Å². The summed E-state index contributed by atoms with van der Waals surface area (Å²) in [5, 5.41) is 21.4. The SMILES string of the molecule is COc1ccc(/C(O)=C2\C(=O)C(=O)N(CCCn3ccnc3)C2c2cc(Br)c(O)c(OC)c2)cc1F. The van der Waals surface area contributed by atoms with Crippen LogP contribution in [0.15, 0.2) is 59.1 Å². The summed E-state index contributed by atoms with van der Waals surface area (Å²) >= 11 is 3.27. The van der Waals surface area contributed by atoms with Crippen LogP contribution in [0.25, 0.3) is 5.76 Å². The monoisotopic (exact) mass is 559 g/mol. The Morgan fingerprint density at radius 2 is 1.89 bits per heavy atom. The summed E-state index contributed by atoms with van der Waals surface area (Å²) in [5.41, 5.74) is 0.222. The number of halogens is 2. The highest BCUT2D eigenvalue weighted by molar-refractivity contribution is 9.10. The zero-order valence-electron chi connectivity index (χ0n) is 19.4. The van der Waals surface area contributed by atoms with Gasteiger partial charge in [-0.25, -0.2) is 9.37 Å². The number of phenolic OH excluding ortho intramolecular Hbond substituents is 1. The molecule has 0 radical (unpaired) electrons. The van der Waals surface area contributed by atoms with Gasteiger partial charge < -0.3 is 29.2 Å². The van der Waals surface area contributed by atoms with Crippen molar-refractivity contribution >= 4 is 33.4 Å². The largest absolute Gasteiger partial charge is 0.507 e. The van der Waals surface area contributed by atoms with E-state index < -0.39 is 29.3 Å². The molecule has 3 aromatic rings. The topological polar surface area (TPSA) is 114 Å². The van der Waals surface area contributed by atoms with Crippen LogP contribution < -0.4 is 9.47 Å². The van der Waals surface area contributed by atoms with Crippen molar-refractivity contribution in [1.82, 2.24) is 14.5 Å². The van der Waals surface area contributed by atoms with Crippen molar-refractivity contribution in [3.8, 4) is 17.2 Å². The van der Waals surface area contributed by atoms with E-state index in [2.05, 4.69) is 20.9 Å². The maximum absolute atomic E-state index is 14.4. The molecule has 1 atom stereocenters. The fourth-order valence-corrected chi connectivity index (χ4v) is 4.64. The Bertz CT molecular complexity index is 1340. The van der Waals surface area contributed by atoms with Gasteiger partial charge in [-0.15, -0.1) is 0 Å². The molecule has 1 fully saturated rings. The number of benzene rings is 2. The molecule has 1 unspecified atom stereocenters. The Balaban J connectivity index is 1.82. The third-order valence-electron chi connectivity index (χ3n) is 5.93. The summed E-state index contributed by atoms with van der Waals surface area (Å²) < 4.78 is 26.7. The number of phenols is 1. The second kappa shape index (κ2) is 10.4. The Labute approximate surface area is 214 Å². The number of aliphatic hydroxyl groups is 1. The van der Waals surface area contributed by atoms with E-state index in [1.54, 1.807) is 24.8 Å². The second-order valence-corrected chi connectivity index (χ2v) is 8.90. The number of nitrogens with zero attached hydrogens (tertiary/aromatic N) is 3. The molecule has 188 valence electrons. The van der Waals surface area contributed by atoms with Gasteiger partial charge in [0.2, 0.25) is 0 Å². The lowest BCUT2D eigenvalue weighted by Gasteiger charge is -2.26. The number of hydrogen-bond acceptors (Lipinski definition) is 7. The molecule has 2 aromatic carbocycles. The predicted octanol–water partition coefficient (Wildman–Crippen LogP) is 4.02. The number of likely N-dealkylation sites (tertiary alicyclic amines) is 1. The second-order valence-electron chi connectivity index (χ2n) is 8.05. The molecule has 1 aromatic heterocycles. The van der Waals surface area contributed by atoms with E-state index in [1.165, 1.54) is 37.3 Å². The number of aromatic nitrogens is 2. The van der Waals surface area contributed by atoms with Gasteiger partial charge in [-0.1, -0.05) is 0 Å². The molecule has 0 saturated carbocycles. The average molecular weight is 560 g/mol. The molecule has 1 aliphatic rings. The lowest BCUT2D eigenvalue weighted by atomic mass is 9.94. The van der Waals surface area contributed by atoms with E-state index in [-0.39, 0.29) is 39.4 Å². The van der Waals surface area contributed by atoms with Gasteiger partial charge in [-0.05, 0) is 58.2 Å². The van der Waals surface area contributed by atoms with Crippen LogP contribution in [0.4, 0.5) is 4.39 Å². The molecule has 11 heteroatoms. The van der Waals surface area contributed by atoms with Crippen LogP contribution in [0.1, 0.15) is 23.6 Å². The number of aliphatic hydroxyl groups excluding tert-OH is 1. The normalized spacial score (nSPS) is 17.0. The van der Waals surface area contributed by atoms with Gasteiger partial charge >= 0.3 is 0 Å². The number of imidazole rings is 1. The summed E-state index contributed by atoms with van der Waals surface area (Å²) in [7, 11) is 2.68. The van der Waals surface area contributed by atoms with Crippen molar-refractivity contribution < 1.29 is 33.7 Å². The van der Waals surface area contributed by atoms with Crippen LogP contribution >= 0.6 is 15.9 Å². The van der Waals surface area contributed by atoms with Crippen LogP contribution in [-0.2, 0) is 16.1 Å². The predicted molar refractivity (Wildman–Crippen MR) is 131 cm³/mol. The lowest BCUT2D eigenvalue weighted by Crippen LogP contribution is -2.31. The molecular weight excluding hydrogens is 537 g/mol. The quantitative estimate of drug-likeness (QED) is 0.243. The zero-order chi connectivity index (χ0) is 26.0. The van der Waals surface area contributed by atoms with E-state index in [9.17, 15) is 24.2 Å². The van der Waals surface area contributed by atoms with Crippen molar-refractivity contribution in [1.29, 1.82) is 0 Å². The molecule has 36 heavy (non-hydrogen) atoms. The van der Waals surface area contributed by atoms with Crippen molar-refractivity contribution in [2.45, 2.75) is 19.0 Å². The number of aryl methyl sites for hydroxylation is 1. The molecule has 1 aliphatic heterocycles. The fraction of sp³-hybridized carbons (Fsp3) is 0.240. The number of aromatic hydroxyl groups is 1. The number of hydrogen-bond donors (Lipinski definition) is 2. The molecule has 4 rings (SSSR count). The number of ketones is 1. The van der Waals surface area contributed by atoms with Gasteiger partial charge in [0, 0.05) is 31.0 Å². The van der Waals surface area contributed by atoms with Crippen molar-refractivity contribution in [3.63, 3.8) is 0 Å². The molecule has 2 N–H and O–H groups in total. The Kier molecular flexibility index (Phi) is 7.30. The van der Waals surface area contributed by atoms with Gasteiger partial charge in [-0.3, -0.25) is 9.59 Å². The summed E-state index contributed by atoms with van der Waals surface area (Å²) in [6, 6.07) is 5.77. The van der Waals surface area contributed by atoms with Gasteiger partial charge in [-0.2, -0.15) is 0 Å². The summed E-state index contributed by atoms with van der Waals surface area (Å²) in [6.07, 6.45) is 5.56. The first kappa shape index (κ1) is 25.2. The van der Waals surface area contributed by atoms with Crippen LogP contribution in [-0.4, -0.2) is 57.1 Å². The van der Waals surface area contributed by atoms with Gasteiger partial charge in [0.25, 0.3) is 11.7 Å². The summed E-state index contributed by atoms with van der Waals surface area (Å²) in [6.45, 7) is 0.726. The third kappa shape index (κ3) is 4.66. The minimum atomic E-state index is -1.01. The number of ether oxygens (including phenoxy) is 2. The van der Waals surface area contributed by atoms with Crippen LogP contribution in [0.3, 0.4) is 0 Å². The molecule has 1 amide bonds. The van der Waals surface area contributed by atoms with Crippen molar-refractivity contribution in [2.24, 2.45) is 0 Å². The molecule has 9 nitrogen and oxygen atoms in total. The maximum Gasteiger partial charge on any atom is 0.295 e. The minimum Gasteiger partial charge on any atom is -0.507 e. The maximum atomic E-state index is 14.4. The number of amides is 1. The van der Waals surface area contributed by atoms with Gasteiger partial charge in [0.15, 0.2) is 23.1 Å². The third-order valence-corrected chi connectivity index (χ3v) is 6.53. The first-order valence-corrected chi connectivity index (χ1v) is 11.7. The average Bonchev–Trinajstić information content (AvgIpc) is 3.47. The summed E-state index contributed by atoms with van der Waals surface area (Å²) in [4.78, 5) is 31.7.